The number of carbonyl (C=O) groups is 1. The fraction of sp³-hybridized carbons (Fsp3) is 0.200. The van der Waals surface area contributed by atoms with Crippen LogP contribution in [-0.2, 0) is 6.54 Å². The molecule has 0 saturated heterocycles. The van der Waals surface area contributed by atoms with Gasteiger partial charge in [0.2, 0.25) is 0 Å². The van der Waals surface area contributed by atoms with Crippen LogP contribution in [0, 0.1) is 0 Å². The molecule has 3 aromatic rings. The van der Waals surface area contributed by atoms with E-state index < -0.39 is 0 Å². The number of hydrogen-bond donors (Lipinski definition) is 1. The number of aryl methyl sites for hydroxylation is 1. The van der Waals surface area contributed by atoms with Crippen LogP contribution in [0.15, 0.2) is 53.8 Å². The zero-order valence-corrected chi connectivity index (χ0v) is 15.9. The number of hydrogen-bond acceptors (Lipinski definition) is 5. The van der Waals surface area contributed by atoms with E-state index in [2.05, 4.69) is 9.88 Å². The standard InChI is InChI=1S/C20H19N3O3S/c1-25-17-9-5-7-14(18(17)26-2)19(24)21-15-8-4-3-6-13(15)16-12-23-10-11-27-20(23)22-16/h3-9,12H,10-11H2,1-2H3,(H,21,24). The Kier molecular flexibility index (Phi) is 4.77. The highest BCUT2D eigenvalue weighted by atomic mass is 32.2. The number of ether oxygens (including phenoxy) is 2. The van der Waals surface area contributed by atoms with Crippen LogP contribution in [-0.4, -0.2) is 35.4 Å². The minimum Gasteiger partial charge on any atom is -0.493 e. The number of thioether (sulfide) groups is 1. The summed E-state index contributed by atoms with van der Waals surface area (Å²) in [6, 6.07) is 12.9. The summed E-state index contributed by atoms with van der Waals surface area (Å²) >= 11 is 1.74. The highest BCUT2D eigenvalue weighted by molar-refractivity contribution is 7.99. The number of fused-ring (bicyclic) bond motifs is 1. The smallest absolute Gasteiger partial charge is 0.259 e. The van der Waals surface area contributed by atoms with E-state index in [4.69, 9.17) is 14.5 Å². The number of amides is 1. The molecule has 1 aliphatic rings. The van der Waals surface area contributed by atoms with E-state index in [-0.39, 0.29) is 5.91 Å². The van der Waals surface area contributed by atoms with Gasteiger partial charge in [-0.3, -0.25) is 4.79 Å². The van der Waals surface area contributed by atoms with E-state index in [1.807, 2.05) is 30.5 Å². The number of nitrogens with one attached hydrogen (secondary N) is 1. The van der Waals surface area contributed by atoms with Gasteiger partial charge in [-0.25, -0.2) is 4.98 Å². The monoisotopic (exact) mass is 381 g/mol. The number of imidazole rings is 1. The molecule has 1 N–H and O–H groups in total. The fourth-order valence-electron chi connectivity index (χ4n) is 3.11. The number of carbonyl (C=O) groups excluding carboxylic acids is 1. The largest absolute Gasteiger partial charge is 0.493 e. The lowest BCUT2D eigenvalue weighted by atomic mass is 10.1. The molecule has 7 heteroatoms. The lowest BCUT2D eigenvalue weighted by Gasteiger charge is -2.14. The first-order valence-electron chi connectivity index (χ1n) is 8.53. The molecule has 138 valence electrons. The molecule has 6 nitrogen and oxygen atoms in total. The maximum absolute atomic E-state index is 12.9. The summed E-state index contributed by atoms with van der Waals surface area (Å²) in [6.45, 7) is 0.961. The summed E-state index contributed by atoms with van der Waals surface area (Å²) in [5.41, 5.74) is 2.85. The maximum Gasteiger partial charge on any atom is 0.259 e. The third-order valence-electron chi connectivity index (χ3n) is 4.40. The van der Waals surface area contributed by atoms with Crippen LogP contribution < -0.4 is 14.8 Å². The van der Waals surface area contributed by atoms with Gasteiger partial charge in [0, 0.05) is 24.1 Å². The first-order chi connectivity index (χ1) is 13.2. The maximum atomic E-state index is 12.9. The van der Waals surface area contributed by atoms with Gasteiger partial charge in [-0.15, -0.1) is 0 Å². The number of aromatic nitrogens is 2. The third kappa shape index (κ3) is 3.26. The predicted molar refractivity (Wildman–Crippen MR) is 106 cm³/mol. The fourth-order valence-corrected chi connectivity index (χ4v) is 4.05. The molecule has 0 atom stereocenters. The molecule has 0 radical (unpaired) electrons. The summed E-state index contributed by atoms with van der Waals surface area (Å²) in [4.78, 5) is 17.6. The summed E-state index contributed by atoms with van der Waals surface area (Å²) in [6.07, 6.45) is 2.03. The van der Waals surface area contributed by atoms with Crippen LogP contribution >= 0.6 is 11.8 Å². The second-order valence-electron chi connectivity index (χ2n) is 5.99. The van der Waals surface area contributed by atoms with E-state index in [1.165, 1.54) is 7.11 Å². The molecule has 0 spiro atoms. The van der Waals surface area contributed by atoms with E-state index in [0.717, 1.165) is 28.7 Å². The van der Waals surface area contributed by atoms with Crippen molar-refractivity contribution in [1.29, 1.82) is 0 Å². The Morgan fingerprint density at radius 3 is 2.78 bits per heavy atom. The molecule has 0 fully saturated rings. The van der Waals surface area contributed by atoms with Crippen molar-refractivity contribution in [1.82, 2.24) is 9.55 Å². The highest BCUT2D eigenvalue weighted by Crippen LogP contribution is 2.34. The second kappa shape index (κ2) is 7.36. The van der Waals surface area contributed by atoms with Crippen molar-refractivity contribution in [2.45, 2.75) is 11.7 Å². The quantitative estimate of drug-likeness (QED) is 0.726. The molecule has 0 saturated carbocycles. The van der Waals surface area contributed by atoms with Crippen LogP contribution in [0.5, 0.6) is 11.5 Å². The Morgan fingerprint density at radius 2 is 2.00 bits per heavy atom. The predicted octanol–water partition coefficient (Wildman–Crippen LogP) is 3.93. The average Bonchev–Trinajstić information content (AvgIpc) is 3.29. The van der Waals surface area contributed by atoms with Crippen molar-refractivity contribution in [3.05, 3.63) is 54.2 Å². The first-order valence-corrected chi connectivity index (χ1v) is 9.51. The Balaban J connectivity index is 1.67. The zero-order valence-electron chi connectivity index (χ0n) is 15.1. The molecule has 2 heterocycles. The van der Waals surface area contributed by atoms with Gasteiger partial charge < -0.3 is 19.4 Å². The van der Waals surface area contributed by atoms with Gasteiger partial charge in [-0.05, 0) is 18.2 Å². The van der Waals surface area contributed by atoms with Crippen molar-refractivity contribution in [2.75, 3.05) is 25.3 Å². The van der Waals surface area contributed by atoms with Crippen LogP contribution in [0.4, 0.5) is 5.69 Å². The van der Waals surface area contributed by atoms with Gasteiger partial charge in [0.05, 0.1) is 31.2 Å². The minimum atomic E-state index is -0.265. The molecule has 2 aromatic carbocycles. The highest BCUT2D eigenvalue weighted by Gasteiger charge is 2.20. The number of para-hydroxylation sites is 2. The Bertz CT molecular complexity index is 978. The molecule has 0 bridgehead atoms. The van der Waals surface area contributed by atoms with Crippen LogP contribution in [0.2, 0.25) is 0 Å². The Hall–Kier alpha value is -2.93. The van der Waals surface area contributed by atoms with E-state index >= 15 is 0 Å². The van der Waals surface area contributed by atoms with Gasteiger partial charge in [-0.2, -0.15) is 0 Å². The summed E-state index contributed by atoms with van der Waals surface area (Å²) < 4.78 is 12.8. The lowest BCUT2D eigenvalue weighted by Crippen LogP contribution is -2.14. The summed E-state index contributed by atoms with van der Waals surface area (Å²) in [7, 11) is 3.07. The molecule has 4 rings (SSSR count). The first kappa shape index (κ1) is 17.5. The van der Waals surface area contributed by atoms with Gasteiger partial charge >= 0.3 is 0 Å². The minimum absolute atomic E-state index is 0.265. The van der Waals surface area contributed by atoms with Crippen molar-refractivity contribution in [2.24, 2.45) is 0 Å². The Labute approximate surface area is 161 Å². The van der Waals surface area contributed by atoms with Gasteiger partial charge in [0.1, 0.15) is 0 Å². The molecule has 1 amide bonds. The zero-order chi connectivity index (χ0) is 18.8. The molecule has 27 heavy (non-hydrogen) atoms. The van der Waals surface area contributed by atoms with Gasteiger partial charge in [-0.1, -0.05) is 36.0 Å². The normalized spacial score (nSPS) is 12.5. The van der Waals surface area contributed by atoms with Crippen LogP contribution in [0.25, 0.3) is 11.3 Å². The molecular weight excluding hydrogens is 362 g/mol. The van der Waals surface area contributed by atoms with Crippen molar-refractivity contribution in [3.8, 4) is 22.8 Å². The molecule has 0 unspecified atom stereocenters. The lowest BCUT2D eigenvalue weighted by molar-refractivity contribution is 0.102. The van der Waals surface area contributed by atoms with Crippen LogP contribution in [0.3, 0.4) is 0 Å². The van der Waals surface area contributed by atoms with Crippen LogP contribution in [0.1, 0.15) is 10.4 Å². The van der Waals surface area contributed by atoms with Crippen molar-refractivity contribution >= 4 is 23.4 Å². The second-order valence-corrected chi connectivity index (χ2v) is 7.05. The van der Waals surface area contributed by atoms with Crippen molar-refractivity contribution in [3.63, 3.8) is 0 Å². The third-order valence-corrected chi connectivity index (χ3v) is 5.37. The van der Waals surface area contributed by atoms with E-state index in [9.17, 15) is 4.79 Å². The molecular formula is C20H19N3O3S. The van der Waals surface area contributed by atoms with E-state index in [1.54, 1.807) is 37.1 Å². The van der Waals surface area contributed by atoms with E-state index in [0.29, 0.717) is 22.7 Å². The number of nitrogens with zero attached hydrogens (tertiary/aromatic N) is 2. The topological polar surface area (TPSA) is 65.4 Å². The molecule has 1 aromatic heterocycles. The SMILES string of the molecule is COc1cccc(C(=O)Nc2ccccc2-c2cn3c(n2)SCC3)c1OC. The number of methoxy groups -OCH3 is 2. The van der Waals surface area contributed by atoms with Crippen molar-refractivity contribution < 1.29 is 14.3 Å². The number of rotatable bonds is 5. The average molecular weight is 381 g/mol. The number of anilines is 1. The molecule has 1 aliphatic heterocycles. The molecule has 0 aliphatic carbocycles. The van der Waals surface area contributed by atoms with Gasteiger partial charge in [0.25, 0.3) is 5.91 Å². The Morgan fingerprint density at radius 1 is 1.15 bits per heavy atom. The summed E-state index contributed by atoms with van der Waals surface area (Å²) in [5.74, 6) is 1.71. The number of benzene rings is 2. The van der Waals surface area contributed by atoms with Gasteiger partial charge in [0.15, 0.2) is 16.7 Å². The summed E-state index contributed by atoms with van der Waals surface area (Å²) in [5, 5.41) is 4.00.